The zero-order valence-electron chi connectivity index (χ0n) is 21.9. The second kappa shape index (κ2) is 11.0. The molecule has 4 aromatic rings. The molecule has 0 atom stereocenters. The fourth-order valence-electron chi connectivity index (χ4n) is 5.28. The first kappa shape index (κ1) is 25.9. The number of carbonyl (C=O) groups is 1. The Balaban J connectivity index is 1.24. The van der Waals surface area contributed by atoms with Crippen molar-refractivity contribution in [2.45, 2.75) is 13.1 Å². The van der Waals surface area contributed by atoms with E-state index >= 15 is 0 Å². The Morgan fingerprint density at radius 3 is 2.60 bits per heavy atom. The van der Waals surface area contributed by atoms with E-state index in [-0.39, 0.29) is 24.8 Å². The number of aromatic nitrogens is 1. The molecule has 206 valence electrons. The van der Waals surface area contributed by atoms with Crippen LogP contribution >= 0.6 is 0 Å². The molecule has 2 aliphatic heterocycles. The molecule has 40 heavy (non-hydrogen) atoms. The number of amides is 1. The van der Waals surface area contributed by atoms with E-state index in [9.17, 15) is 13.6 Å². The van der Waals surface area contributed by atoms with Gasteiger partial charge in [-0.15, -0.1) is 0 Å². The van der Waals surface area contributed by atoms with Crippen molar-refractivity contribution < 1.29 is 27.8 Å². The molecule has 9 heteroatoms. The van der Waals surface area contributed by atoms with Crippen molar-refractivity contribution in [3.63, 3.8) is 0 Å². The molecule has 0 spiro atoms. The quantitative estimate of drug-likeness (QED) is 0.284. The van der Waals surface area contributed by atoms with E-state index in [2.05, 4.69) is 11.5 Å². The minimum Gasteiger partial charge on any atom is -0.489 e. The van der Waals surface area contributed by atoms with Crippen LogP contribution in [0.4, 0.5) is 8.78 Å². The normalized spacial score (nSPS) is 15.0. The molecule has 3 heterocycles. The average Bonchev–Trinajstić information content (AvgIpc) is 3.59. The summed E-state index contributed by atoms with van der Waals surface area (Å²) in [5, 5.41) is 0.728. The zero-order valence-corrected chi connectivity index (χ0v) is 21.9. The third kappa shape index (κ3) is 5.12. The van der Waals surface area contributed by atoms with Gasteiger partial charge in [-0.1, -0.05) is 24.8 Å². The van der Waals surface area contributed by atoms with Gasteiger partial charge >= 0.3 is 0 Å². The largest absolute Gasteiger partial charge is 0.489 e. The van der Waals surface area contributed by atoms with Crippen LogP contribution in [-0.2, 0) is 13.1 Å². The number of halogens is 2. The Morgan fingerprint density at radius 2 is 1.77 bits per heavy atom. The molecular formula is C31H29F2N3O4. The molecule has 0 radical (unpaired) electrons. The van der Waals surface area contributed by atoms with Crippen LogP contribution in [-0.4, -0.2) is 59.9 Å². The highest BCUT2D eigenvalue weighted by Crippen LogP contribution is 2.33. The van der Waals surface area contributed by atoms with E-state index in [1.54, 1.807) is 16.7 Å². The van der Waals surface area contributed by atoms with Gasteiger partial charge in [-0.05, 0) is 54.1 Å². The lowest BCUT2D eigenvalue weighted by molar-refractivity contribution is 0.0619. The Kier molecular flexibility index (Phi) is 7.13. The predicted molar refractivity (Wildman–Crippen MR) is 147 cm³/mol. The van der Waals surface area contributed by atoms with Gasteiger partial charge in [0.25, 0.3) is 5.91 Å². The molecular weight excluding hydrogens is 516 g/mol. The van der Waals surface area contributed by atoms with Gasteiger partial charge in [-0.2, -0.15) is 0 Å². The number of ether oxygens (including phenoxy) is 3. The van der Waals surface area contributed by atoms with E-state index in [0.717, 1.165) is 41.1 Å². The van der Waals surface area contributed by atoms with Gasteiger partial charge in [0.15, 0.2) is 11.5 Å². The van der Waals surface area contributed by atoms with Crippen molar-refractivity contribution >= 4 is 16.8 Å². The molecule has 1 saturated heterocycles. The highest BCUT2D eigenvalue weighted by atomic mass is 19.1. The lowest BCUT2D eigenvalue weighted by Gasteiger charge is -2.35. The first-order valence-corrected chi connectivity index (χ1v) is 13.2. The SMILES string of the molecule is C=CCOc1cccc2c1cc(C(=O)N1CCN(Cc3ccc4c(c3)OCO4)CC1)n2Cc1cc(F)ccc1F. The van der Waals surface area contributed by atoms with Gasteiger partial charge in [0, 0.05) is 43.7 Å². The van der Waals surface area contributed by atoms with Crippen LogP contribution in [0.3, 0.4) is 0 Å². The zero-order chi connectivity index (χ0) is 27.6. The van der Waals surface area contributed by atoms with Crippen LogP contribution in [0.25, 0.3) is 10.9 Å². The summed E-state index contributed by atoms with van der Waals surface area (Å²) >= 11 is 0. The van der Waals surface area contributed by atoms with Gasteiger partial charge in [-0.25, -0.2) is 8.78 Å². The van der Waals surface area contributed by atoms with Crippen LogP contribution < -0.4 is 14.2 Å². The summed E-state index contributed by atoms with van der Waals surface area (Å²) in [7, 11) is 0. The van der Waals surface area contributed by atoms with Crippen molar-refractivity contribution in [1.82, 2.24) is 14.4 Å². The summed E-state index contributed by atoms with van der Waals surface area (Å²) in [5.74, 6) is 0.882. The van der Waals surface area contributed by atoms with E-state index < -0.39 is 11.6 Å². The summed E-state index contributed by atoms with van der Waals surface area (Å²) in [5.41, 5.74) is 2.39. The fourth-order valence-corrected chi connectivity index (χ4v) is 5.28. The Morgan fingerprint density at radius 1 is 0.950 bits per heavy atom. The number of hydrogen-bond donors (Lipinski definition) is 0. The molecule has 0 N–H and O–H groups in total. The molecule has 3 aromatic carbocycles. The minimum atomic E-state index is -0.533. The van der Waals surface area contributed by atoms with Crippen molar-refractivity contribution in [2.75, 3.05) is 39.6 Å². The van der Waals surface area contributed by atoms with Crippen LogP contribution in [0, 0.1) is 11.6 Å². The molecule has 0 saturated carbocycles. The Labute approximate surface area is 230 Å². The number of nitrogens with zero attached hydrogens (tertiary/aromatic N) is 3. The monoisotopic (exact) mass is 545 g/mol. The third-order valence-electron chi connectivity index (χ3n) is 7.32. The van der Waals surface area contributed by atoms with Crippen molar-refractivity contribution in [1.29, 1.82) is 0 Å². The molecule has 2 aliphatic rings. The molecule has 0 unspecified atom stereocenters. The second-order valence-corrected chi connectivity index (χ2v) is 9.90. The maximum Gasteiger partial charge on any atom is 0.270 e. The Hall–Kier alpha value is -4.37. The molecule has 0 aliphatic carbocycles. The van der Waals surface area contributed by atoms with Crippen molar-refractivity contribution in [2.24, 2.45) is 0 Å². The maximum atomic E-state index is 14.7. The number of carbonyl (C=O) groups excluding carboxylic acids is 1. The van der Waals surface area contributed by atoms with E-state index in [1.807, 2.05) is 41.3 Å². The van der Waals surface area contributed by atoms with Crippen LogP contribution in [0.5, 0.6) is 17.2 Å². The van der Waals surface area contributed by atoms with Crippen LogP contribution in [0.15, 0.2) is 73.3 Å². The average molecular weight is 546 g/mol. The van der Waals surface area contributed by atoms with Gasteiger partial charge in [0.2, 0.25) is 6.79 Å². The second-order valence-electron chi connectivity index (χ2n) is 9.90. The van der Waals surface area contributed by atoms with Gasteiger partial charge in [0.1, 0.15) is 29.7 Å². The summed E-state index contributed by atoms with van der Waals surface area (Å²) in [4.78, 5) is 18.0. The summed E-state index contributed by atoms with van der Waals surface area (Å²) in [6, 6.07) is 16.6. The number of fused-ring (bicyclic) bond motifs is 2. The first-order chi connectivity index (χ1) is 19.5. The smallest absolute Gasteiger partial charge is 0.270 e. The molecule has 6 rings (SSSR count). The Bertz CT molecular complexity index is 1580. The van der Waals surface area contributed by atoms with Crippen molar-refractivity contribution in [3.05, 3.63) is 102 Å². The summed E-state index contributed by atoms with van der Waals surface area (Å²) < 4.78 is 47.1. The minimum absolute atomic E-state index is 0.00313. The molecule has 1 amide bonds. The van der Waals surface area contributed by atoms with E-state index in [0.29, 0.717) is 49.7 Å². The third-order valence-corrected chi connectivity index (χ3v) is 7.32. The van der Waals surface area contributed by atoms with Gasteiger partial charge in [-0.3, -0.25) is 9.69 Å². The molecule has 1 fully saturated rings. The fraction of sp³-hybridized carbons (Fsp3) is 0.258. The standard InChI is InChI=1S/C31H29F2N3O4/c1-2-14-38-28-5-3-4-26-24(28)17-27(36(26)19-22-16-23(32)7-8-25(22)33)31(37)35-12-10-34(11-13-35)18-21-6-9-29-30(15-21)40-20-39-29/h2-9,15-17H,1,10-14,18-20H2. The number of rotatable bonds is 8. The molecule has 0 bridgehead atoms. The molecule has 1 aromatic heterocycles. The van der Waals surface area contributed by atoms with Crippen LogP contribution in [0.2, 0.25) is 0 Å². The van der Waals surface area contributed by atoms with Crippen molar-refractivity contribution in [3.8, 4) is 17.2 Å². The lowest BCUT2D eigenvalue weighted by Crippen LogP contribution is -2.48. The van der Waals surface area contributed by atoms with E-state index in [1.165, 1.54) is 6.07 Å². The number of hydrogen-bond acceptors (Lipinski definition) is 5. The van der Waals surface area contributed by atoms with Crippen LogP contribution in [0.1, 0.15) is 21.6 Å². The summed E-state index contributed by atoms with van der Waals surface area (Å²) in [6.45, 7) is 7.47. The maximum absolute atomic E-state index is 14.7. The summed E-state index contributed by atoms with van der Waals surface area (Å²) in [6.07, 6.45) is 1.65. The highest BCUT2D eigenvalue weighted by molar-refractivity contribution is 6.00. The number of piperazine rings is 1. The van der Waals surface area contributed by atoms with E-state index in [4.69, 9.17) is 14.2 Å². The number of benzene rings is 3. The van der Waals surface area contributed by atoms with Gasteiger partial charge < -0.3 is 23.7 Å². The molecule has 7 nitrogen and oxygen atoms in total. The predicted octanol–water partition coefficient (Wildman–Crippen LogP) is 5.22. The lowest BCUT2D eigenvalue weighted by atomic mass is 10.1. The van der Waals surface area contributed by atoms with Gasteiger partial charge in [0.05, 0.1) is 12.1 Å². The topological polar surface area (TPSA) is 56.2 Å². The first-order valence-electron chi connectivity index (χ1n) is 13.2. The highest BCUT2D eigenvalue weighted by Gasteiger charge is 2.27.